The highest BCUT2D eigenvalue weighted by molar-refractivity contribution is 5.20. The molecule has 0 saturated carbocycles. The van der Waals surface area contributed by atoms with E-state index in [2.05, 4.69) is 20.3 Å². The van der Waals surface area contributed by atoms with Gasteiger partial charge in [0.25, 0.3) is 0 Å². The lowest BCUT2D eigenvalue weighted by Gasteiger charge is -2.00. The van der Waals surface area contributed by atoms with Gasteiger partial charge < -0.3 is 10.4 Å². The first-order chi connectivity index (χ1) is 5.72. The molecule has 1 rings (SSSR count). The molecule has 7 heteroatoms. The summed E-state index contributed by atoms with van der Waals surface area (Å²) in [6.45, 7) is -0.0438. The third-order valence-corrected chi connectivity index (χ3v) is 0.976. The molecule has 0 bridgehead atoms. The average Bonchev–Trinajstić information content (AvgIpc) is 1.99. The van der Waals surface area contributed by atoms with Gasteiger partial charge in [0.1, 0.15) is 0 Å². The van der Waals surface area contributed by atoms with E-state index in [4.69, 9.17) is 5.11 Å². The maximum absolute atomic E-state index is 12.3. The van der Waals surface area contributed by atoms with Gasteiger partial charge in [0, 0.05) is 6.54 Å². The number of nitrogens with zero attached hydrogens (tertiary/aromatic N) is 3. The fourth-order valence-electron chi connectivity index (χ4n) is 0.573. The molecule has 2 N–H and O–H groups in total. The maximum Gasteiger partial charge on any atom is 0.315 e. The molecule has 0 amide bonds. The maximum atomic E-state index is 12.3. The number of aliphatic hydroxyl groups is 1. The number of anilines is 1. The molecule has 0 spiro atoms. The summed E-state index contributed by atoms with van der Waals surface area (Å²) in [6, 6.07) is 0. The lowest BCUT2D eigenvalue weighted by Crippen LogP contribution is -2.11. The monoisotopic (exact) mass is 176 g/mol. The minimum Gasteiger partial charge on any atom is -0.395 e. The number of rotatable bonds is 3. The average molecular weight is 176 g/mol. The normalized spacial score (nSPS) is 9.92. The number of aliphatic hydroxyl groups excluding tert-OH is 1. The Morgan fingerprint density at radius 1 is 1.17 bits per heavy atom. The van der Waals surface area contributed by atoms with E-state index in [1.54, 1.807) is 0 Å². The van der Waals surface area contributed by atoms with Crippen molar-refractivity contribution in [2.24, 2.45) is 0 Å². The van der Waals surface area contributed by atoms with Crippen LogP contribution in [0.15, 0.2) is 0 Å². The Bertz CT molecular complexity index is 249. The molecule has 0 atom stereocenters. The number of halogens is 2. The summed E-state index contributed by atoms with van der Waals surface area (Å²) in [6.07, 6.45) is -2.38. The van der Waals surface area contributed by atoms with E-state index in [1.165, 1.54) is 0 Å². The zero-order chi connectivity index (χ0) is 8.97. The molecule has 0 radical (unpaired) electrons. The molecule has 1 heterocycles. The molecule has 1 aromatic rings. The van der Waals surface area contributed by atoms with Crippen LogP contribution in [0.25, 0.3) is 0 Å². The molecule has 66 valence electrons. The van der Waals surface area contributed by atoms with Gasteiger partial charge in [-0.15, -0.1) is 0 Å². The van der Waals surface area contributed by atoms with Gasteiger partial charge >= 0.3 is 12.2 Å². The van der Waals surface area contributed by atoms with Crippen LogP contribution in [-0.2, 0) is 0 Å². The summed E-state index contributed by atoms with van der Waals surface area (Å²) < 4.78 is 24.5. The molecule has 1 aromatic heterocycles. The Morgan fingerprint density at radius 3 is 2.25 bits per heavy atom. The second-order valence-corrected chi connectivity index (χ2v) is 1.85. The van der Waals surface area contributed by atoms with Crippen LogP contribution in [0.3, 0.4) is 0 Å². The van der Waals surface area contributed by atoms with Crippen LogP contribution < -0.4 is 5.32 Å². The van der Waals surface area contributed by atoms with Crippen molar-refractivity contribution < 1.29 is 13.9 Å². The third-order valence-electron chi connectivity index (χ3n) is 0.976. The first-order valence-electron chi connectivity index (χ1n) is 3.14. The molecule has 0 saturated heterocycles. The largest absolute Gasteiger partial charge is 0.395 e. The Hall–Kier alpha value is -1.37. The highest BCUT2D eigenvalue weighted by Gasteiger charge is 2.03. The van der Waals surface area contributed by atoms with Crippen molar-refractivity contribution in [3.63, 3.8) is 0 Å². The zero-order valence-corrected chi connectivity index (χ0v) is 5.96. The van der Waals surface area contributed by atoms with E-state index in [0.29, 0.717) is 0 Å². The van der Waals surface area contributed by atoms with Gasteiger partial charge in [0.2, 0.25) is 5.95 Å². The van der Waals surface area contributed by atoms with Gasteiger partial charge in [-0.3, -0.25) is 0 Å². The fraction of sp³-hybridized carbons (Fsp3) is 0.400. The molecular formula is C5H6F2N4O. The van der Waals surface area contributed by atoms with Crippen molar-refractivity contribution in [1.82, 2.24) is 15.0 Å². The molecule has 0 aromatic carbocycles. The van der Waals surface area contributed by atoms with Crippen molar-refractivity contribution in [3.05, 3.63) is 12.2 Å². The van der Waals surface area contributed by atoms with Crippen LogP contribution in [0.5, 0.6) is 0 Å². The van der Waals surface area contributed by atoms with Gasteiger partial charge in [-0.1, -0.05) is 0 Å². The topological polar surface area (TPSA) is 70.9 Å². The standard InChI is InChI=1S/C5H6F2N4O/c6-3-9-4(7)11-5(10-3)8-1-2-12/h12H,1-2H2,(H,8,9,10,11). The molecule has 0 aliphatic carbocycles. The minimum absolute atomic E-state index is 0.128. The van der Waals surface area contributed by atoms with Gasteiger partial charge in [0.15, 0.2) is 0 Å². The third kappa shape index (κ3) is 2.35. The molecular weight excluding hydrogens is 170 g/mol. The fourth-order valence-corrected chi connectivity index (χ4v) is 0.573. The van der Waals surface area contributed by atoms with Crippen molar-refractivity contribution in [1.29, 1.82) is 0 Å². The van der Waals surface area contributed by atoms with Gasteiger partial charge in [0.05, 0.1) is 6.61 Å². The molecule has 0 unspecified atom stereocenters. The summed E-state index contributed by atoms with van der Waals surface area (Å²) in [7, 11) is 0. The van der Waals surface area contributed by atoms with Crippen LogP contribution in [0, 0.1) is 12.2 Å². The quantitative estimate of drug-likeness (QED) is 0.652. The molecule has 0 fully saturated rings. The smallest absolute Gasteiger partial charge is 0.315 e. The van der Waals surface area contributed by atoms with Crippen LogP contribution in [0.1, 0.15) is 0 Å². The number of nitrogens with one attached hydrogen (secondary N) is 1. The van der Waals surface area contributed by atoms with E-state index in [-0.39, 0.29) is 19.1 Å². The second kappa shape index (κ2) is 3.86. The first-order valence-corrected chi connectivity index (χ1v) is 3.14. The molecule has 0 aliphatic heterocycles. The van der Waals surface area contributed by atoms with Gasteiger partial charge in [-0.25, -0.2) is 0 Å². The second-order valence-electron chi connectivity index (χ2n) is 1.85. The summed E-state index contributed by atoms with van der Waals surface area (Å²) in [4.78, 5) is 8.93. The number of hydrogen-bond acceptors (Lipinski definition) is 5. The highest BCUT2D eigenvalue weighted by atomic mass is 19.1. The summed E-state index contributed by atoms with van der Waals surface area (Å²) in [5.74, 6) is -0.228. The zero-order valence-electron chi connectivity index (χ0n) is 5.96. The van der Waals surface area contributed by atoms with Crippen molar-refractivity contribution in [3.8, 4) is 0 Å². The van der Waals surface area contributed by atoms with Crippen LogP contribution in [0.2, 0.25) is 0 Å². The van der Waals surface area contributed by atoms with Gasteiger partial charge in [-0.05, 0) is 0 Å². The van der Waals surface area contributed by atoms with Crippen molar-refractivity contribution in [2.75, 3.05) is 18.5 Å². The molecule has 12 heavy (non-hydrogen) atoms. The van der Waals surface area contributed by atoms with Crippen LogP contribution >= 0.6 is 0 Å². The summed E-state index contributed by atoms with van der Waals surface area (Å²) in [5, 5.41) is 10.7. The Morgan fingerprint density at radius 2 is 1.75 bits per heavy atom. The van der Waals surface area contributed by atoms with E-state index in [1.807, 2.05) is 0 Å². The number of aromatic nitrogens is 3. The Kier molecular flexibility index (Phi) is 2.81. The van der Waals surface area contributed by atoms with Crippen molar-refractivity contribution >= 4 is 5.95 Å². The molecule has 5 nitrogen and oxygen atoms in total. The lowest BCUT2D eigenvalue weighted by atomic mass is 10.7. The van der Waals surface area contributed by atoms with E-state index >= 15 is 0 Å². The summed E-state index contributed by atoms with van der Waals surface area (Å²) in [5.41, 5.74) is 0. The van der Waals surface area contributed by atoms with E-state index in [0.717, 1.165) is 0 Å². The SMILES string of the molecule is OCCNc1nc(F)nc(F)n1. The van der Waals surface area contributed by atoms with Crippen LogP contribution in [0.4, 0.5) is 14.7 Å². The first kappa shape index (κ1) is 8.72. The predicted molar refractivity (Wildman–Crippen MR) is 35.3 cm³/mol. The Labute approximate surface area is 66.5 Å². The minimum atomic E-state index is -1.19. The summed E-state index contributed by atoms with van der Waals surface area (Å²) >= 11 is 0. The van der Waals surface area contributed by atoms with E-state index < -0.39 is 12.2 Å². The van der Waals surface area contributed by atoms with E-state index in [9.17, 15) is 8.78 Å². The van der Waals surface area contributed by atoms with Gasteiger partial charge in [-0.2, -0.15) is 23.7 Å². The highest BCUT2D eigenvalue weighted by Crippen LogP contribution is 1.97. The molecule has 0 aliphatic rings. The number of hydrogen-bond donors (Lipinski definition) is 2. The predicted octanol–water partition coefficient (Wildman–Crippen LogP) is -0.446. The van der Waals surface area contributed by atoms with Crippen LogP contribution in [-0.4, -0.2) is 33.2 Å². The van der Waals surface area contributed by atoms with Crippen molar-refractivity contribution in [2.45, 2.75) is 0 Å². The lowest BCUT2D eigenvalue weighted by molar-refractivity contribution is 0.310. The Balaban J connectivity index is 2.72.